The standard InChI is InChI=1S/C17H27FN2/c1-3-6-14-9-11-20(12-10-14)13-17(19-2)15-7-4-5-8-16(15)18/h4-5,7-8,14,17,19H,3,6,9-13H2,1-2H3. The van der Waals surface area contributed by atoms with Crippen LogP contribution in [0.25, 0.3) is 0 Å². The topological polar surface area (TPSA) is 15.3 Å². The van der Waals surface area contributed by atoms with Crippen LogP contribution >= 0.6 is 0 Å². The fourth-order valence-corrected chi connectivity index (χ4v) is 3.23. The van der Waals surface area contributed by atoms with Crippen LogP contribution in [0.5, 0.6) is 0 Å². The summed E-state index contributed by atoms with van der Waals surface area (Å²) in [4.78, 5) is 2.47. The smallest absolute Gasteiger partial charge is 0.128 e. The summed E-state index contributed by atoms with van der Waals surface area (Å²) >= 11 is 0. The van der Waals surface area contributed by atoms with Crippen molar-refractivity contribution in [3.8, 4) is 0 Å². The Kier molecular flexibility index (Phi) is 5.99. The Hall–Kier alpha value is -0.930. The third-order valence-corrected chi connectivity index (χ3v) is 4.47. The van der Waals surface area contributed by atoms with Crippen LogP contribution in [0, 0.1) is 11.7 Å². The van der Waals surface area contributed by atoms with Gasteiger partial charge in [-0.25, -0.2) is 4.39 Å². The quantitative estimate of drug-likeness (QED) is 0.855. The van der Waals surface area contributed by atoms with Gasteiger partial charge in [0, 0.05) is 18.2 Å². The molecule has 0 bridgehead atoms. The van der Waals surface area contributed by atoms with Gasteiger partial charge >= 0.3 is 0 Å². The number of nitrogens with one attached hydrogen (secondary N) is 1. The SMILES string of the molecule is CCCC1CCN(CC(NC)c2ccccc2F)CC1. The van der Waals surface area contributed by atoms with Crippen molar-refractivity contribution in [1.82, 2.24) is 10.2 Å². The second kappa shape index (κ2) is 7.75. The van der Waals surface area contributed by atoms with Gasteiger partial charge in [0.05, 0.1) is 0 Å². The van der Waals surface area contributed by atoms with Crippen molar-refractivity contribution in [2.75, 3.05) is 26.7 Å². The number of likely N-dealkylation sites (tertiary alicyclic amines) is 1. The van der Waals surface area contributed by atoms with Gasteiger partial charge in [-0.2, -0.15) is 0 Å². The highest BCUT2D eigenvalue weighted by molar-refractivity contribution is 5.21. The molecule has 1 aromatic carbocycles. The van der Waals surface area contributed by atoms with Gasteiger partial charge in [0.1, 0.15) is 5.82 Å². The molecule has 1 aliphatic rings. The van der Waals surface area contributed by atoms with Crippen molar-refractivity contribution >= 4 is 0 Å². The first-order valence-corrected chi connectivity index (χ1v) is 7.88. The first kappa shape index (κ1) is 15.5. The van der Waals surface area contributed by atoms with Gasteiger partial charge in [-0.1, -0.05) is 38.0 Å². The van der Waals surface area contributed by atoms with Crippen LogP contribution in [0.4, 0.5) is 4.39 Å². The summed E-state index contributed by atoms with van der Waals surface area (Å²) in [7, 11) is 1.92. The van der Waals surface area contributed by atoms with Crippen molar-refractivity contribution in [2.24, 2.45) is 5.92 Å². The lowest BCUT2D eigenvalue weighted by molar-refractivity contribution is 0.164. The fraction of sp³-hybridized carbons (Fsp3) is 0.647. The molecule has 1 heterocycles. The van der Waals surface area contributed by atoms with Gasteiger partial charge in [0.25, 0.3) is 0 Å². The third kappa shape index (κ3) is 4.03. The molecule has 3 heteroatoms. The van der Waals surface area contributed by atoms with Crippen LogP contribution in [0.15, 0.2) is 24.3 Å². The summed E-state index contributed by atoms with van der Waals surface area (Å²) in [6.45, 7) is 5.46. The molecule has 0 spiro atoms. The van der Waals surface area contributed by atoms with E-state index in [0.29, 0.717) is 0 Å². The summed E-state index contributed by atoms with van der Waals surface area (Å²) in [6.07, 6.45) is 5.23. The van der Waals surface area contributed by atoms with E-state index in [1.165, 1.54) is 25.7 Å². The molecular weight excluding hydrogens is 251 g/mol. The zero-order valence-corrected chi connectivity index (χ0v) is 12.7. The number of piperidine rings is 1. The number of likely N-dealkylation sites (N-methyl/N-ethyl adjacent to an activating group) is 1. The average Bonchev–Trinajstić information content (AvgIpc) is 2.48. The highest BCUT2D eigenvalue weighted by Gasteiger charge is 2.22. The number of halogens is 1. The Morgan fingerprint density at radius 1 is 1.30 bits per heavy atom. The van der Waals surface area contributed by atoms with Crippen LogP contribution in [0.3, 0.4) is 0 Å². The second-order valence-corrected chi connectivity index (χ2v) is 5.90. The molecule has 0 aromatic heterocycles. The normalized spacial score (nSPS) is 19.1. The Morgan fingerprint density at radius 3 is 2.60 bits per heavy atom. The zero-order chi connectivity index (χ0) is 14.4. The lowest BCUT2D eigenvalue weighted by Crippen LogP contribution is -2.39. The van der Waals surface area contributed by atoms with E-state index in [2.05, 4.69) is 17.1 Å². The van der Waals surface area contributed by atoms with Gasteiger partial charge in [-0.05, 0) is 45.0 Å². The van der Waals surface area contributed by atoms with E-state index in [9.17, 15) is 4.39 Å². The summed E-state index contributed by atoms with van der Waals surface area (Å²) < 4.78 is 13.9. The predicted octanol–water partition coefficient (Wildman–Crippen LogP) is 3.60. The van der Waals surface area contributed by atoms with Crippen molar-refractivity contribution in [3.63, 3.8) is 0 Å². The molecule has 0 aliphatic carbocycles. The Balaban J connectivity index is 1.90. The highest BCUT2D eigenvalue weighted by Crippen LogP contribution is 2.24. The second-order valence-electron chi connectivity index (χ2n) is 5.90. The largest absolute Gasteiger partial charge is 0.312 e. The summed E-state index contributed by atoms with van der Waals surface area (Å²) in [5, 5.41) is 3.26. The fourth-order valence-electron chi connectivity index (χ4n) is 3.23. The molecular formula is C17H27FN2. The molecule has 1 N–H and O–H groups in total. The molecule has 2 nitrogen and oxygen atoms in total. The van der Waals surface area contributed by atoms with E-state index in [1.54, 1.807) is 12.1 Å². The molecule has 1 aromatic rings. The van der Waals surface area contributed by atoms with Crippen LogP contribution in [0.1, 0.15) is 44.2 Å². The molecule has 1 atom stereocenters. The van der Waals surface area contributed by atoms with E-state index in [-0.39, 0.29) is 11.9 Å². The van der Waals surface area contributed by atoms with Gasteiger partial charge in [-0.3, -0.25) is 0 Å². The van der Waals surface area contributed by atoms with Crippen LogP contribution in [0.2, 0.25) is 0 Å². The number of hydrogen-bond donors (Lipinski definition) is 1. The summed E-state index contributed by atoms with van der Waals surface area (Å²) in [5.41, 5.74) is 0.783. The lowest BCUT2D eigenvalue weighted by Gasteiger charge is -2.34. The maximum absolute atomic E-state index is 13.9. The van der Waals surface area contributed by atoms with Gasteiger partial charge in [0.2, 0.25) is 0 Å². The number of nitrogens with zero attached hydrogens (tertiary/aromatic N) is 1. The molecule has 1 fully saturated rings. The molecule has 1 aliphatic heterocycles. The van der Waals surface area contributed by atoms with Crippen molar-refractivity contribution in [3.05, 3.63) is 35.6 Å². The van der Waals surface area contributed by atoms with Crippen LogP contribution in [-0.4, -0.2) is 31.6 Å². The van der Waals surface area contributed by atoms with Crippen molar-refractivity contribution in [2.45, 2.75) is 38.6 Å². The number of hydrogen-bond acceptors (Lipinski definition) is 2. The molecule has 20 heavy (non-hydrogen) atoms. The van der Waals surface area contributed by atoms with Crippen molar-refractivity contribution < 1.29 is 4.39 Å². The Labute approximate surface area is 122 Å². The predicted molar refractivity (Wildman–Crippen MR) is 82.3 cm³/mol. The Morgan fingerprint density at radius 2 is 2.00 bits per heavy atom. The van der Waals surface area contributed by atoms with E-state index < -0.39 is 0 Å². The molecule has 1 saturated heterocycles. The van der Waals surface area contributed by atoms with E-state index in [1.807, 2.05) is 19.2 Å². The van der Waals surface area contributed by atoms with Crippen LogP contribution in [-0.2, 0) is 0 Å². The first-order valence-electron chi connectivity index (χ1n) is 7.88. The van der Waals surface area contributed by atoms with Crippen molar-refractivity contribution in [1.29, 1.82) is 0 Å². The maximum atomic E-state index is 13.9. The molecule has 2 rings (SSSR count). The molecule has 112 valence electrons. The monoisotopic (exact) mass is 278 g/mol. The molecule has 1 unspecified atom stereocenters. The van der Waals surface area contributed by atoms with E-state index in [0.717, 1.165) is 31.1 Å². The first-order chi connectivity index (χ1) is 9.74. The third-order valence-electron chi connectivity index (χ3n) is 4.47. The van der Waals surface area contributed by atoms with Crippen LogP contribution < -0.4 is 5.32 Å². The van der Waals surface area contributed by atoms with E-state index >= 15 is 0 Å². The number of benzene rings is 1. The van der Waals surface area contributed by atoms with Gasteiger partial charge in [-0.15, -0.1) is 0 Å². The molecule has 0 amide bonds. The van der Waals surface area contributed by atoms with Gasteiger partial charge < -0.3 is 10.2 Å². The van der Waals surface area contributed by atoms with Gasteiger partial charge in [0.15, 0.2) is 0 Å². The summed E-state index contributed by atoms with van der Waals surface area (Å²) in [5.74, 6) is 0.797. The minimum absolute atomic E-state index is 0.0823. The molecule has 0 saturated carbocycles. The molecule has 0 radical (unpaired) electrons. The highest BCUT2D eigenvalue weighted by atomic mass is 19.1. The minimum Gasteiger partial charge on any atom is -0.312 e. The number of rotatable bonds is 6. The average molecular weight is 278 g/mol. The zero-order valence-electron chi connectivity index (χ0n) is 12.7. The lowest BCUT2D eigenvalue weighted by atomic mass is 9.92. The summed E-state index contributed by atoms with van der Waals surface area (Å²) in [6, 6.07) is 7.19. The van der Waals surface area contributed by atoms with E-state index in [4.69, 9.17) is 0 Å². The Bertz CT molecular complexity index is 400. The maximum Gasteiger partial charge on any atom is 0.128 e. The minimum atomic E-state index is -0.104.